The predicted molar refractivity (Wildman–Crippen MR) is 85.1 cm³/mol. The van der Waals surface area contributed by atoms with Crippen LogP contribution in [0.4, 0.5) is 0 Å². The summed E-state index contributed by atoms with van der Waals surface area (Å²) in [5.41, 5.74) is 6.08. The van der Waals surface area contributed by atoms with Gasteiger partial charge in [0.25, 0.3) is 0 Å². The van der Waals surface area contributed by atoms with Gasteiger partial charge in [-0.2, -0.15) is 0 Å². The first-order valence-corrected chi connectivity index (χ1v) is 7.91. The molecular weight excluding hydrogens is 290 g/mol. The number of amides is 2. The Morgan fingerprint density at radius 1 is 1.14 bits per heavy atom. The van der Waals surface area contributed by atoms with Crippen LogP contribution in [-0.4, -0.2) is 30.4 Å². The van der Waals surface area contributed by atoms with Gasteiger partial charge in [-0.1, -0.05) is 13.3 Å². The third kappa shape index (κ3) is 5.15. The Balaban J connectivity index is 0.00000220. The van der Waals surface area contributed by atoms with Crippen molar-refractivity contribution in [2.24, 2.45) is 17.6 Å². The van der Waals surface area contributed by atoms with Gasteiger partial charge in [0.15, 0.2) is 0 Å². The van der Waals surface area contributed by atoms with Gasteiger partial charge in [0.1, 0.15) is 0 Å². The van der Waals surface area contributed by atoms with E-state index in [9.17, 15) is 9.59 Å². The van der Waals surface area contributed by atoms with Gasteiger partial charge in [-0.05, 0) is 43.9 Å². The second-order valence-electron chi connectivity index (χ2n) is 6.30. The van der Waals surface area contributed by atoms with Gasteiger partial charge in [-0.25, -0.2) is 0 Å². The molecule has 0 aliphatic heterocycles. The summed E-state index contributed by atoms with van der Waals surface area (Å²) in [7, 11) is 0. The molecule has 4 N–H and O–H groups in total. The number of halogens is 1. The summed E-state index contributed by atoms with van der Waals surface area (Å²) in [6.07, 6.45) is 6.90. The van der Waals surface area contributed by atoms with E-state index in [2.05, 4.69) is 10.6 Å². The van der Waals surface area contributed by atoms with Crippen LogP contribution in [0.1, 0.15) is 51.9 Å². The molecule has 2 bridgehead atoms. The number of rotatable bonds is 5. The van der Waals surface area contributed by atoms with Crippen LogP contribution in [0.2, 0.25) is 0 Å². The fourth-order valence-corrected chi connectivity index (χ4v) is 3.76. The Morgan fingerprint density at radius 2 is 1.76 bits per heavy atom. The van der Waals surface area contributed by atoms with Crippen molar-refractivity contribution >= 4 is 24.2 Å². The number of carbonyl (C=O) groups is 2. The minimum Gasteiger partial charge on any atom is -0.351 e. The van der Waals surface area contributed by atoms with Crippen molar-refractivity contribution in [1.29, 1.82) is 0 Å². The average Bonchev–Trinajstić information content (AvgIpc) is 2.38. The summed E-state index contributed by atoms with van der Waals surface area (Å²) < 4.78 is 0. The van der Waals surface area contributed by atoms with Gasteiger partial charge < -0.3 is 16.4 Å². The first-order valence-electron chi connectivity index (χ1n) is 7.91. The minimum atomic E-state index is -0.0631. The largest absolute Gasteiger partial charge is 0.351 e. The Bertz CT molecular complexity index is 351. The highest BCUT2D eigenvalue weighted by atomic mass is 35.5. The second-order valence-corrected chi connectivity index (χ2v) is 6.30. The van der Waals surface area contributed by atoms with E-state index < -0.39 is 0 Å². The lowest BCUT2D eigenvalue weighted by Crippen LogP contribution is -2.55. The highest BCUT2D eigenvalue weighted by molar-refractivity contribution is 5.85. The summed E-state index contributed by atoms with van der Waals surface area (Å²) in [6.45, 7) is 2.05. The van der Waals surface area contributed by atoms with Crippen LogP contribution >= 0.6 is 12.4 Å². The normalized spacial score (nSPS) is 31.0. The molecule has 0 saturated heterocycles. The minimum absolute atomic E-state index is 0. The van der Waals surface area contributed by atoms with Crippen LogP contribution in [0, 0.1) is 11.8 Å². The van der Waals surface area contributed by atoms with Gasteiger partial charge in [0, 0.05) is 18.5 Å². The molecule has 2 amide bonds. The first-order chi connectivity index (χ1) is 9.60. The molecule has 0 spiro atoms. The van der Waals surface area contributed by atoms with E-state index in [1.165, 1.54) is 6.42 Å². The standard InChI is InChI=1S/C15H27N3O2.ClH/c1-2-4-13(19)17-9-14(20)18-15-10-5-3-6-11(15)8-12(16)7-10;/h10-12,15H,2-9,16H2,1H3,(H,17,19)(H,18,20);1H. The van der Waals surface area contributed by atoms with Crippen molar-refractivity contribution < 1.29 is 9.59 Å². The summed E-state index contributed by atoms with van der Waals surface area (Å²) in [5, 5.41) is 5.80. The molecule has 2 aliphatic rings. The van der Waals surface area contributed by atoms with Crippen LogP contribution in [-0.2, 0) is 9.59 Å². The Morgan fingerprint density at radius 3 is 2.33 bits per heavy atom. The van der Waals surface area contributed by atoms with Crippen LogP contribution in [0.5, 0.6) is 0 Å². The lowest BCUT2D eigenvalue weighted by atomic mass is 9.67. The summed E-state index contributed by atoms with van der Waals surface area (Å²) >= 11 is 0. The highest BCUT2D eigenvalue weighted by Crippen LogP contribution is 2.39. The van der Waals surface area contributed by atoms with Crippen LogP contribution in [0.15, 0.2) is 0 Å². The molecule has 2 fully saturated rings. The molecule has 6 heteroatoms. The zero-order valence-electron chi connectivity index (χ0n) is 12.8. The first kappa shape index (κ1) is 18.2. The van der Waals surface area contributed by atoms with Gasteiger partial charge in [-0.3, -0.25) is 9.59 Å². The topological polar surface area (TPSA) is 84.2 Å². The maximum absolute atomic E-state index is 12.0. The van der Waals surface area contributed by atoms with E-state index in [1.807, 2.05) is 6.92 Å². The van der Waals surface area contributed by atoms with Crippen LogP contribution in [0.3, 0.4) is 0 Å². The molecule has 21 heavy (non-hydrogen) atoms. The monoisotopic (exact) mass is 317 g/mol. The molecule has 0 aromatic rings. The van der Waals surface area contributed by atoms with Crippen molar-refractivity contribution in [3.8, 4) is 0 Å². The smallest absolute Gasteiger partial charge is 0.239 e. The molecule has 0 aromatic carbocycles. The number of carbonyl (C=O) groups excluding carboxylic acids is 2. The van der Waals surface area contributed by atoms with Gasteiger partial charge >= 0.3 is 0 Å². The van der Waals surface area contributed by atoms with Gasteiger partial charge in [0.05, 0.1) is 6.54 Å². The summed E-state index contributed by atoms with van der Waals surface area (Å²) in [5.74, 6) is 0.931. The molecular formula is C15H28ClN3O2. The zero-order valence-corrected chi connectivity index (χ0v) is 13.6. The van der Waals surface area contributed by atoms with Gasteiger partial charge in [-0.15, -0.1) is 12.4 Å². The van der Waals surface area contributed by atoms with Crippen LogP contribution < -0.4 is 16.4 Å². The van der Waals surface area contributed by atoms with E-state index in [4.69, 9.17) is 5.73 Å². The maximum atomic E-state index is 12.0. The molecule has 0 aromatic heterocycles. The van der Waals surface area contributed by atoms with E-state index in [1.54, 1.807) is 0 Å². The van der Waals surface area contributed by atoms with Crippen molar-refractivity contribution in [3.63, 3.8) is 0 Å². The molecule has 2 atom stereocenters. The average molecular weight is 318 g/mol. The molecule has 0 radical (unpaired) electrons. The van der Waals surface area contributed by atoms with Crippen LogP contribution in [0.25, 0.3) is 0 Å². The lowest BCUT2D eigenvalue weighted by Gasteiger charge is -2.45. The molecule has 2 aliphatic carbocycles. The number of nitrogens with two attached hydrogens (primary N) is 1. The Hall–Kier alpha value is -0.810. The van der Waals surface area contributed by atoms with E-state index in [0.717, 1.165) is 32.1 Å². The number of hydrogen-bond donors (Lipinski definition) is 3. The number of hydrogen-bond acceptors (Lipinski definition) is 3. The third-order valence-electron chi connectivity index (χ3n) is 4.63. The predicted octanol–water partition coefficient (Wildman–Crippen LogP) is 1.35. The Labute approximate surface area is 133 Å². The number of fused-ring (bicyclic) bond motifs is 2. The molecule has 2 rings (SSSR count). The molecule has 5 nitrogen and oxygen atoms in total. The quantitative estimate of drug-likeness (QED) is 0.715. The van der Waals surface area contributed by atoms with Gasteiger partial charge in [0.2, 0.25) is 11.8 Å². The van der Waals surface area contributed by atoms with Crippen molar-refractivity contribution in [2.45, 2.75) is 64.0 Å². The summed E-state index contributed by atoms with van der Waals surface area (Å²) in [6, 6.07) is 0.557. The van der Waals surface area contributed by atoms with E-state index in [0.29, 0.717) is 24.3 Å². The fourth-order valence-electron chi connectivity index (χ4n) is 3.76. The molecule has 122 valence electrons. The maximum Gasteiger partial charge on any atom is 0.239 e. The van der Waals surface area contributed by atoms with E-state index >= 15 is 0 Å². The zero-order chi connectivity index (χ0) is 14.5. The third-order valence-corrected chi connectivity index (χ3v) is 4.63. The second kappa shape index (κ2) is 8.59. The van der Waals surface area contributed by atoms with E-state index in [-0.39, 0.29) is 36.8 Å². The van der Waals surface area contributed by atoms with Crippen molar-refractivity contribution in [1.82, 2.24) is 10.6 Å². The Kier molecular flexibility index (Phi) is 7.46. The number of nitrogens with one attached hydrogen (secondary N) is 2. The van der Waals surface area contributed by atoms with Crippen molar-refractivity contribution in [2.75, 3.05) is 6.54 Å². The van der Waals surface area contributed by atoms with Crippen molar-refractivity contribution in [3.05, 3.63) is 0 Å². The summed E-state index contributed by atoms with van der Waals surface area (Å²) in [4.78, 5) is 23.3. The highest BCUT2D eigenvalue weighted by Gasteiger charge is 2.39. The lowest BCUT2D eigenvalue weighted by molar-refractivity contribution is -0.127. The molecule has 2 unspecified atom stereocenters. The molecule has 2 saturated carbocycles. The SMILES string of the molecule is CCCC(=O)NCC(=O)NC1C2CCCC1CC(N)C2.Cl. The molecule has 0 heterocycles. The fraction of sp³-hybridized carbons (Fsp3) is 0.867.